The minimum atomic E-state index is -0.749. The van der Waals surface area contributed by atoms with Gasteiger partial charge in [0.15, 0.2) is 0 Å². The van der Waals surface area contributed by atoms with Crippen LogP contribution in [0.15, 0.2) is 12.1 Å². The van der Waals surface area contributed by atoms with Gasteiger partial charge in [0.2, 0.25) is 0 Å². The first-order valence-electron chi connectivity index (χ1n) is 6.29. The van der Waals surface area contributed by atoms with E-state index in [0.29, 0.717) is 6.42 Å². The number of nitrogens with zero attached hydrogens (tertiary/aromatic N) is 1. The average molecular weight is 249 g/mol. The second-order valence-electron chi connectivity index (χ2n) is 5.22. The van der Waals surface area contributed by atoms with E-state index in [1.54, 1.807) is 4.90 Å². The molecule has 0 amide bonds. The molecule has 1 aromatic rings. The van der Waals surface area contributed by atoms with Crippen molar-refractivity contribution in [2.45, 2.75) is 39.7 Å². The van der Waals surface area contributed by atoms with E-state index >= 15 is 0 Å². The Balaban J connectivity index is 2.79. The molecule has 1 aromatic carbocycles. The number of hydrogen-bond acceptors (Lipinski definition) is 2. The highest BCUT2D eigenvalue weighted by molar-refractivity contribution is 5.73. The summed E-state index contributed by atoms with van der Waals surface area (Å²) in [6.07, 6.45) is 1.45. The molecule has 0 aromatic heterocycles. The van der Waals surface area contributed by atoms with Crippen LogP contribution in [0.1, 0.15) is 28.7 Å². The Morgan fingerprint density at radius 2 is 1.72 bits per heavy atom. The van der Waals surface area contributed by atoms with Crippen molar-refractivity contribution >= 4 is 5.97 Å². The van der Waals surface area contributed by atoms with Gasteiger partial charge >= 0.3 is 5.97 Å². The van der Waals surface area contributed by atoms with Crippen molar-refractivity contribution in [1.82, 2.24) is 4.90 Å². The molecule has 0 saturated carbocycles. The molecule has 1 N–H and O–H groups in total. The lowest BCUT2D eigenvalue weighted by atomic mass is 9.96. The maximum Gasteiger partial charge on any atom is 0.320 e. The van der Waals surface area contributed by atoms with Gasteiger partial charge in [-0.25, -0.2) is 0 Å². The Labute approximate surface area is 109 Å². The van der Waals surface area contributed by atoms with Gasteiger partial charge in [-0.15, -0.1) is 0 Å². The summed E-state index contributed by atoms with van der Waals surface area (Å²) in [6, 6.07) is 3.95. The molecule has 0 spiro atoms. The molecular weight excluding hydrogens is 226 g/mol. The maximum atomic E-state index is 11.1. The number of aryl methyl sites for hydroxylation is 4. The van der Waals surface area contributed by atoms with E-state index in [1.165, 1.54) is 22.3 Å². The summed E-state index contributed by atoms with van der Waals surface area (Å²) in [5, 5.41) is 9.15. The molecular formula is C15H23NO2. The van der Waals surface area contributed by atoms with Gasteiger partial charge in [-0.1, -0.05) is 12.1 Å². The number of hydrogen-bond donors (Lipinski definition) is 1. The smallest absolute Gasteiger partial charge is 0.320 e. The molecule has 1 atom stereocenters. The fraction of sp³-hybridized carbons (Fsp3) is 0.533. The number of aliphatic carboxylic acids is 1. The molecule has 0 saturated heterocycles. The molecule has 100 valence electrons. The Bertz CT molecular complexity index is 438. The molecule has 0 radical (unpaired) electrons. The standard InChI is InChI=1S/C15H23NO2/c1-10-8-12(3)13(9-11(10)2)6-7-14(15(17)18)16(4)5/h8-9,14H,6-7H2,1-5H3,(H,17,18). The molecule has 3 nitrogen and oxygen atoms in total. The van der Waals surface area contributed by atoms with E-state index in [-0.39, 0.29) is 0 Å². The van der Waals surface area contributed by atoms with Crippen molar-refractivity contribution in [3.63, 3.8) is 0 Å². The second-order valence-corrected chi connectivity index (χ2v) is 5.22. The molecule has 0 bridgehead atoms. The predicted molar refractivity (Wildman–Crippen MR) is 74.1 cm³/mol. The minimum absolute atomic E-state index is 0.411. The fourth-order valence-electron chi connectivity index (χ4n) is 2.18. The van der Waals surface area contributed by atoms with Gasteiger partial charge in [-0.3, -0.25) is 9.69 Å². The summed E-state index contributed by atoms with van der Waals surface area (Å²) in [6.45, 7) is 6.29. The van der Waals surface area contributed by atoms with Crippen LogP contribution in [-0.2, 0) is 11.2 Å². The normalized spacial score (nSPS) is 12.8. The third-order valence-electron chi connectivity index (χ3n) is 3.55. The van der Waals surface area contributed by atoms with Gasteiger partial charge < -0.3 is 5.11 Å². The highest BCUT2D eigenvalue weighted by Crippen LogP contribution is 2.18. The third kappa shape index (κ3) is 3.57. The molecule has 1 rings (SSSR count). The highest BCUT2D eigenvalue weighted by atomic mass is 16.4. The lowest BCUT2D eigenvalue weighted by molar-refractivity contribution is -0.142. The number of rotatable bonds is 5. The van der Waals surface area contributed by atoms with Gasteiger partial charge in [0.1, 0.15) is 6.04 Å². The van der Waals surface area contributed by atoms with Gasteiger partial charge in [-0.05, 0) is 70.0 Å². The number of benzene rings is 1. The summed E-state index contributed by atoms with van der Waals surface area (Å²) >= 11 is 0. The van der Waals surface area contributed by atoms with Crippen LogP contribution in [-0.4, -0.2) is 36.1 Å². The largest absolute Gasteiger partial charge is 0.480 e. The van der Waals surface area contributed by atoms with Crippen molar-refractivity contribution in [3.05, 3.63) is 34.4 Å². The maximum absolute atomic E-state index is 11.1. The van der Waals surface area contributed by atoms with E-state index in [1.807, 2.05) is 14.1 Å². The zero-order valence-corrected chi connectivity index (χ0v) is 11.9. The molecule has 0 aliphatic carbocycles. The summed E-state index contributed by atoms with van der Waals surface area (Å²) < 4.78 is 0. The molecule has 0 aliphatic rings. The molecule has 3 heteroatoms. The molecule has 0 fully saturated rings. The van der Waals surface area contributed by atoms with E-state index in [4.69, 9.17) is 5.11 Å². The summed E-state index contributed by atoms with van der Waals surface area (Å²) in [5.41, 5.74) is 5.07. The topological polar surface area (TPSA) is 40.5 Å². The van der Waals surface area contributed by atoms with Crippen molar-refractivity contribution in [2.75, 3.05) is 14.1 Å². The Hall–Kier alpha value is -1.35. The van der Waals surface area contributed by atoms with E-state index in [0.717, 1.165) is 6.42 Å². The molecule has 0 aliphatic heterocycles. The zero-order valence-electron chi connectivity index (χ0n) is 11.9. The summed E-state index contributed by atoms with van der Waals surface area (Å²) in [5.74, 6) is -0.749. The second kappa shape index (κ2) is 6.01. The lowest BCUT2D eigenvalue weighted by Gasteiger charge is -2.20. The number of carbonyl (C=O) groups is 1. The van der Waals surface area contributed by atoms with E-state index in [2.05, 4.69) is 32.9 Å². The van der Waals surface area contributed by atoms with Crippen molar-refractivity contribution in [2.24, 2.45) is 0 Å². The lowest BCUT2D eigenvalue weighted by Crippen LogP contribution is -2.36. The molecule has 18 heavy (non-hydrogen) atoms. The summed E-state index contributed by atoms with van der Waals surface area (Å²) in [7, 11) is 3.62. The SMILES string of the molecule is Cc1cc(C)c(CCC(C(=O)O)N(C)C)cc1C. The van der Waals surface area contributed by atoms with Crippen LogP contribution in [0.5, 0.6) is 0 Å². The Kier molecular flexibility index (Phi) is 4.91. The monoisotopic (exact) mass is 249 g/mol. The van der Waals surface area contributed by atoms with E-state index in [9.17, 15) is 4.79 Å². The third-order valence-corrected chi connectivity index (χ3v) is 3.55. The predicted octanol–water partition coefficient (Wildman–Crippen LogP) is 2.56. The minimum Gasteiger partial charge on any atom is -0.480 e. The van der Waals surface area contributed by atoms with Gasteiger partial charge in [-0.2, -0.15) is 0 Å². The first kappa shape index (κ1) is 14.7. The van der Waals surface area contributed by atoms with Crippen LogP contribution in [0.4, 0.5) is 0 Å². The Morgan fingerprint density at radius 1 is 1.17 bits per heavy atom. The van der Waals surface area contributed by atoms with Crippen molar-refractivity contribution in [1.29, 1.82) is 0 Å². The van der Waals surface area contributed by atoms with Crippen molar-refractivity contribution in [3.8, 4) is 0 Å². The summed E-state index contributed by atoms with van der Waals surface area (Å²) in [4.78, 5) is 12.9. The molecule has 0 heterocycles. The zero-order chi connectivity index (χ0) is 13.9. The fourth-order valence-corrected chi connectivity index (χ4v) is 2.18. The first-order valence-corrected chi connectivity index (χ1v) is 6.29. The highest BCUT2D eigenvalue weighted by Gasteiger charge is 2.19. The molecule has 1 unspecified atom stereocenters. The van der Waals surface area contributed by atoms with Crippen LogP contribution in [0.2, 0.25) is 0 Å². The van der Waals surface area contributed by atoms with Crippen LogP contribution in [0, 0.1) is 20.8 Å². The van der Waals surface area contributed by atoms with Crippen LogP contribution in [0.25, 0.3) is 0 Å². The van der Waals surface area contributed by atoms with E-state index < -0.39 is 12.0 Å². The van der Waals surface area contributed by atoms with Gasteiger partial charge in [0.25, 0.3) is 0 Å². The number of likely N-dealkylation sites (N-methyl/N-ethyl adjacent to an activating group) is 1. The quantitative estimate of drug-likeness (QED) is 0.872. The number of carboxylic acids is 1. The van der Waals surface area contributed by atoms with Gasteiger partial charge in [0.05, 0.1) is 0 Å². The van der Waals surface area contributed by atoms with Crippen molar-refractivity contribution < 1.29 is 9.90 Å². The van der Waals surface area contributed by atoms with Gasteiger partial charge in [0, 0.05) is 0 Å². The van der Waals surface area contributed by atoms with Crippen LogP contribution < -0.4 is 0 Å². The van der Waals surface area contributed by atoms with Crippen LogP contribution in [0.3, 0.4) is 0 Å². The van der Waals surface area contributed by atoms with Crippen LogP contribution >= 0.6 is 0 Å². The number of carboxylic acid groups (broad SMARTS) is 1. The first-order chi connectivity index (χ1) is 8.32. The Morgan fingerprint density at radius 3 is 2.22 bits per heavy atom. The average Bonchev–Trinajstić information content (AvgIpc) is 2.24.